The molecule has 0 aliphatic carbocycles. The largest absolute Gasteiger partial charge is 0.398 e. The van der Waals surface area contributed by atoms with E-state index in [1.807, 2.05) is 30.3 Å². The number of hydrogen-bond donors (Lipinski definition) is 1. The van der Waals surface area contributed by atoms with Gasteiger partial charge in [0.1, 0.15) is 0 Å². The first-order chi connectivity index (χ1) is 7.36. The topological polar surface area (TPSA) is 51.8 Å². The van der Waals surface area contributed by atoms with E-state index in [0.29, 0.717) is 0 Å². The molecule has 0 atom stereocenters. The van der Waals surface area contributed by atoms with Gasteiger partial charge in [-0.25, -0.2) is 0 Å². The molecule has 72 valence electrons. The third-order valence-electron chi connectivity index (χ3n) is 2.53. The average molecular weight is 195 g/mol. The van der Waals surface area contributed by atoms with Gasteiger partial charge in [-0.1, -0.05) is 0 Å². The monoisotopic (exact) mass is 195 g/mol. The lowest BCUT2D eigenvalue weighted by Crippen LogP contribution is -1.91. The van der Waals surface area contributed by atoms with Crippen LogP contribution in [-0.4, -0.2) is 9.97 Å². The van der Waals surface area contributed by atoms with Crippen LogP contribution in [0.2, 0.25) is 0 Å². The first-order valence-electron chi connectivity index (χ1n) is 4.74. The maximum Gasteiger partial charge on any atom is 0.0744 e. The van der Waals surface area contributed by atoms with Gasteiger partial charge in [-0.3, -0.25) is 9.97 Å². The molecule has 0 fully saturated rings. The van der Waals surface area contributed by atoms with Crippen LogP contribution in [0.1, 0.15) is 0 Å². The van der Waals surface area contributed by atoms with Crippen molar-refractivity contribution in [3.63, 3.8) is 0 Å². The average Bonchev–Trinajstić information content (AvgIpc) is 2.30. The molecule has 0 radical (unpaired) electrons. The summed E-state index contributed by atoms with van der Waals surface area (Å²) in [4.78, 5) is 8.54. The molecular formula is C12H9N3. The van der Waals surface area contributed by atoms with E-state index < -0.39 is 0 Å². The first kappa shape index (κ1) is 8.17. The number of rotatable bonds is 0. The molecule has 2 N–H and O–H groups in total. The van der Waals surface area contributed by atoms with Crippen molar-refractivity contribution in [3.8, 4) is 0 Å². The summed E-state index contributed by atoms with van der Waals surface area (Å²) in [5.74, 6) is 0. The molecule has 3 heteroatoms. The minimum atomic E-state index is 0.753. The van der Waals surface area contributed by atoms with Crippen LogP contribution in [0.15, 0.2) is 42.7 Å². The molecule has 0 saturated heterocycles. The lowest BCUT2D eigenvalue weighted by Gasteiger charge is -2.04. The maximum atomic E-state index is 6.07. The summed E-state index contributed by atoms with van der Waals surface area (Å²) in [5.41, 5.74) is 8.61. The molecule has 0 aliphatic heterocycles. The van der Waals surface area contributed by atoms with E-state index in [1.54, 1.807) is 12.4 Å². The molecule has 0 saturated carbocycles. The number of aromatic nitrogens is 2. The van der Waals surface area contributed by atoms with Crippen molar-refractivity contribution in [2.75, 3.05) is 5.73 Å². The van der Waals surface area contributed by atoms with Gasteiger partial charge in [-0.15, -0.1) is 0 Å². The van der Waals surface area contributed by atoms with Crippen LogP contribution < -0.4 is 5.73 Å². The fraction of sp³-hybridized carbons (Fsp3) is 0. The van der Waals surface area contributed by atoms with Crippen LogP contribution in [-0.2, 0) is 0 Å². The van der Waals surface area contributed by atoms with Crippen LogP contribution in [0.4, 0.5) is 5.69 Å². The van der Waals surface area contributed by atoms with Crippen molar-refractivity contribution < 1.29 is 0 Å². The zero-order valence-electron chi connectivity index (χ0n) is 8.01. The molecule has 0 amide bonds. The third kappa shape index (κ3) is 1.13. The molecule has 0 unspecified atom stereocenters. The number of anilines is 1. The van der Waals surface area contributed by atoms with Crippen LogP contribution in [0, 0.1) is 0 Å². The second kappa shape index (κ2) is 2.92. The molecule has 3 rings (SSSR count). The van der Waals surface area contributed by atoms with E-state index in [4.69, 9.17) is 5.73 Å². The minimum Gasteiger partial charge on any atom is -0.398 e. The quantitative estimate of drug-likeness (QED) is 0.442. The summed E-state index contributed by atoms with van der Waals surface area (Å²) >= 11 is 0. The highest BCUT2D eigenvalue weighted by Gasteiger charge is 2.04. The molecule has 0 aliphatic rings. The van der Waals surface area contributed by atoms with Gasteiger partial charge in [-0.2, -0.15) is 0 Å². The van der Waals surface area contributed by atoms with E-state index in [0.717, 1.165) is 27.5 Å². The van der Waals surface area contributed by atoms with Crippen LogP contribution in [0.5, 0.6) is 0 Å². The first-order valence-corrected chi connectivity index (χ1v) is 4.74. The van der Waals surface area contributed by atoms with Crippen molar-refractivity contribution in [2.24, 2.45) is 0 Å². The van der Waals surface area contributed by atoms with Gasteiger partial charge >= 0.3 is 0 Å². The Morgan fingerprint density at radius 2 is 1.40 bits per heavy atom. The van der Waals surface area contributed by atoms with Gasteiger partial charge in [0.15, 0.2) is 0 Å². The normalized spacial score (nSPS) is 10.9. The SMILES string of the molecule is Nc1c2cccnc2cc2ncccc12. The van der Waals surface area contributed by atoms with Crippen molar-refractivity contribution in [3.05, 3.63) is 42.7 Å². The third-order valence-corrected chi connectivity index (χ3v) is 2.53. The van der Waals surface area contributed by atoms with Crippen molar-refractivity contribution in [1.29, 1.82) is 0 Å². The molecule has 2 heterocycles. The lowest BCUT2D eigenvalue weighted by atomic mass is 10.1. The Hall–Kier alpha value is -2.16. The smallest absolute Gasteiger partial charge is 0.0744 e. The van der Waals surface area contributed by atoms with E-state index in [9.17, 15) is 0 Å². The fourth-order valence-electron chi connectivity index (χ4n) is 1.80. The Balaban J connectivity index is 2.60. The number of hydrogen-bond acceptors (Lipinski definition) is 3. The predicted molar refractivity (Wildman–Crippen MR) is 61.5 cm³/mol. The van der Waals surface area contributed by atoms with E-state index in [-0.39, 0.29) is 0 Å². The Labute approximate surface area is 86.6 Å². The summed E-state index contributed by atoms with van der Waals surface area (Å²) in [5, 5.41) is 1.97. The second-order valence-electron chi connectivity index (χ2n) is 3.43. The number of benzene rings is 1. The van der Waals surface area contributed by atoms with Crippen LogP contribution in [0.25, 0.3) is 21.8 Å². The molecule has 3 aromatic rings. The van der Waals surface area contributed by atoms with Gasteiger partial charge in [0, 0.05) is 23.2 Å². The molecule has 0 spiro atoms. The highest BCUT2D eigenvalue weighted by molar-refractivity contribution is 6.07. The number of nitrogens with two attached hydrogens (primary N) is 1. The number of nitrogen functional groups attached to an aromatic ring is 1. The standard InChI is InChI=1S/C12H9N3/c13-12-8-3-1-5-14-10(8)7-11-9(12)4-2-6-15-11/h1-7H,13H2. The Kier molecular flexibility index (Phi) is 1.59. The van der Waals surface area contributed by atoms with Crippen molar-refractivity contribution in [1.82, 2.24) is 9.97 Å². The van der Waals surface area contributed by atoms with E-state index >= 15 is 0 Å². The Morgan fingerprint density at radius 3 is 1.93 bits per heavy atom. The van der Waals surface area contributed by atoms with Gasteiger partial charge in [-0.05, 0) is 30.3 Å². The minimum absolute atomic E-state index is 0.753. The number of nitrogens with zero attached hydrogens (tertiary/aromatic N) is 2. The molecule has 1 aromatic carbocycles. The van der Waals surface area contributed by atoms with E-state index in [1.165, 1.54) is 0 Å². The van der Waals surface area contributed by atoms with Gasteiger partial charge < -0.3 is 5.73 Å². The van der Waals surface area contributed by atoms with Gasteiger partial charge in [0.2, 0.25) is 0 Å². The summed E-state index contributed by atoms with van der Waals surface area (Å²) in [7, 11) is 0. The molecular weight excluding hydrogens is 186 g/mol. The summed E-state index contributed by atoms with van der Waals surface area (Å²) < 4.78 is 0. The molecule has 0 bridgehead atoms. The highest BCUT2D eigenvalue weighted by Crippen LogP contribution is 2.27. The summed E-state index contributed by atoms with van der Waals surface area (Å²) in [6, 6.07) is 9.69. The Bertz CT molecular complexity index is 592. The van der Waals surface area contributed by atoms with Crippen LogP contribution >= 0.6 is 0 Å². The van der Waals surface area contributed by atoms with Gasteiger partial charge in [0.25, 0.3) is 0 Å². The molecule has 3 nitrogen and oxygen atoms in total. The summed E-state index contributed by atoms with van der Waals surface area (Å²) in [6.45, 7) is 0. The number of pyridine rings is 2. The maximum absolute atomic E-state index is 6.07. The van der Waals surface area contributed by atoms with Gasteiger partial charge in [0.05, 0.1) is 16.7 Å². The summed E-state index contributed by atoms with van der Waals surface area (Å²) in [6.07, 6.45) is 3.52. The lowest BCUT2D eigenvalue weighted by molar-refractivity contribution is 1.39. The molecule has 15 heavy (non-hydrogen) atoms. The van der Waals surface area contributed by atoms with E-state index in [2.05, 4.69) is 9.97 Å². The van der Waals surface area contributed by atoms with Crippen molar-refractivity contribution >= 4 is 27.5 Å². The van der Waals surface area contributed by atoms with Crippen molar-refractivity contribution in [2.45, 2.75) is 0 Å². The Morgan fingerprint density at radius 1 is 0.867 bits per heavy atom. The van der Waals surface area contributed by atoms with Crippen LogP contribution in [0.3, 0.4) is 0 Å². The highest BCUT2D eigenvalue weighted by atomic mass is 14.7. The predicted octanol–water partition coefficient (Wildman–Crippen LogP) is 2.37. The number of fused-ring (bicyclic) bond motifs is 2. The zero-order chi connectivity index (χ0) is 10.3. The zero-order valence-corrected chi connectivity index (χ0v) is 8.01. The fourth-order valence-corrected chi connectivity index (χ4v) is 1.80. The second-order valence-corrected chi connectivity index (χ2v) is 3.43. The molecule has 2 aromatic heterocycles.